The molecule has 1 atom stereocenters. The van der Waals surface area contributed by atoms with E-state index in [0.717, 1.165) is 16.6 Å². The highest BCUT2D eigenvalue weighted by molar-refractivity contribution is 6.02. The van der Waals surface area contributed by atoms with Crippen LogP contribution in [-0.4, -0.2) is 10.9 Å². The van der Waals surface area contributed by atoms with Crippen molar-refractivity contribution < 1.29 is 4.79 Å². The van der Waals surface area contributed by atoms with Crippen molar-refractivity contribution in [1.29, 1.82) is 5.26 Å². The van der Waals surface area contributed by atoms with E-state index in [4.69, 9.17) is 5.26 Å². The topological polar surface area (TPSA) is 65.8 Å². The molecular weight excluding hydrogens is 238 g/mol. The van der Waals surface area contributed by atoms with Crippen LogP contribution in [0.3, 0.4) is 0 Å². The lowest BCUT2D eigenvalue weighted by molar-refractivity contribution is -0.118. The van der Waals surface area contributed by atoms with Crippen molar-refractivity contribution in [2.45, 2.75) is 20.3 Å². The van der Waals surface area contributed by atoms with Crippen molar-refractivity contribution >= 4 is 22.5 Å². The monoisotopic (exact) mass is 253 g/mol. The summed E-state index contributed by atoms with van der Waals surface area (Å²) in [5, 5.41) is 12.6. The molecule has 2 aromatic rings. The van der Waals surface area contributed by atoms with Crippen LogP contribution in [-0.2, 0) is 4.79 Å². The first kappa shape index (κ1) is 13.0. The molecule has 1 aromatic carbocycles. The van der Waals surface area contributed by atoms with Crippen LogP contribution in [0.5, 0.6) is 0 Å². The summed E-state index contributed by atoms with van der Waals surface area (Å²) < 4.78 is 0. The molecule has 1 aromatic heterocycles. The van der Waals surface area contributed by atoms with Gasteiger partial charge in [-0.2, -0.15) is 5.26 Å². The van der Waals surface area contributed by atoms with Gasteiger partial charge in [-0.25, -0.2) is 0 Å². The van der Waals surface area contributed by atoms with E-state index in [1.165, 1.54) is 0 Å². The van der Waals surface area contributed by atoms with Gasteiger partial charge in [-0.1, -0.05) is 25.1 Å². The SMILES string of the molecule is CCC(C#N)C(=O)Nc1cc(C)nc2ccccc12. The van der Waals surface area contributed by atoms with Gasteiger partial charge < -0.3 is 5.32 Å². The number of aromatic nitrogens is 1. The Morgan fingerprint density at radius 1 is 1.47 bits per heavy atom. The zero-order chi connectivity index (χ0) is 13.8. The maximum Gasteiger partial charge on any atom is 0.241 e. The number of hydrogen-bond acceptors (Lipinski definition) is 3. The largest absolute Gasteiger partial charge is 0.324 e. The average molecular weight is 253 g/mol. The van der Waals surface area contributed by atoms with Gasteiger partial charge in [0.1, 0.15) is 5.92 Å². The third kappa shape index (κ3) is 2.71. The summed E-state index contributed by atoms with van der Waals surface area (Å²) in [4.78, 5) is 16.4. The first-order valence-electron chi connectivity index (χ1n) is 6.22. The highest BCUT2D eigenvalue weighted by Gasteiger charge is 2.16. The number of nitrogens with zero attached hydrogens (tertiary/aromatic N) is 2. The Hall–Kier alpha value is -2.41. The van der Waals surface area contributed by atoms with E-state index in [9.17, 15) is 4.79 Å². The summed E-state index contributed by atoms with van der Waals surface area (Å²) in [6.45, 7) is 3.70. The highest BCUT2D eigenvalue weighted by atomic mass is 16.1. The molecule has 1 heterocycles. The Morgan fingerprint density at radius 2 is 2.21 bits per heavy atom. The van der Waals surface area contributed by atoms with E-state index < -0.39 is 5.92 Å². The summed E-state index contributed by atoms with van der Waals surface area (Å²) >= 11 is 0. The Bertz CT molecular complexity index is 658. The predicted molar refractivity (Wildman–Crippen MR) is 74.5 cm³/mol. The highest BCUT2D eigenvalue weighted by Crippen LogP contribution is 2.23. The number of aryl methyl sites for hydroxylation is 1. The van der Waals surface area contributed by atoms with E-state index in [0.29, 0.717) is 12.1 Å². The number of carbonyl (C=O) groups excluding carboxylic acids is 1. The van der Waals surface area contributed by atoms with Gasteiger partial charge in [-0.15, -0.1) is 0 Å². The Balaban J connectivity index is 2.40. The van der Waals surface area contributed by atoms with Crippen LogP contribution < -0.4 is 5.32 Å². The number of para-hydroxylation sites is 1. The number of rotatable bonds is 3. The second-order valence-corrected chi connectivity index (χ2v) is 4.41. The molecule has 0 bridgehead atoms. The molecule has 1 N–H and O–H groups in total. The Morgan fingerprint density at radius 3 is 2.89 bits per heavy atom. The number of fused-ring (bicyclic) bond motifs is 1. The van der Waals surface area contributed by atoms with Gasteiger partial charge in [0, 0.05) is 11.1 Å². The van der Waals surface area contributed by atoms with Crippen LogP contribution >= 0.6 is 0 Å². The Labute approximate surface area is 112 Å². The van der Waals surface area contributed by atoms with Crippen molar-refractivity contribution in [3.05, 3.63) is 36.0 Å². The predicted octanol–water partition coefficient (Wildman–Crippen LogP) is 3.03. The number of pyridine rings is 1. The van der Waals surface area contributed by atoms with Crippen LogP contribution in [0.2, 0.25) is 0 Å². The zero-order valence-electron chi connectivity index (χ0n) is 11.0. The third-order valence-corrected chi connectivity index (χ3v) is 2.98. The van der Waals surface area contributed by atoms with Crippen molar-refractivity contribution in [3.8, 4) is 6.07 Å². The summed E-state index contributed by atoms with van der Waals surface area (Å²) in [5.74, 6) is -0.881. The van der Waals surface area contributed by atoms with E-state index in [1.807, 2.05) is 50.2 Å². The van der Waals surface area contributed by atoms with Gasteiger partial charge in [0.2, 0.25) is 5.91 Å². The average Bonchev–Trinajstić information content (AvgIpc) is 2.40. The molecule has 0 saturated heterocycles. The lowest BCUT2D eigenvalue weighted by Gasteiger charge is -2.11. The lowest BCUT2D eigenvalue weighted by atomic mass is 10.1. The molecule has 2 rings (SSSR count). The molecule has 19 heavy (non-hydrogen) atoms. The van der Waals surface area contributed by atoms with Crippen molar-refractivity contribution in [2.24, 2.45) is 5.92 Å². The number of nitriles is 1. The molecule has 0 fully saturated rings. The number of anilines is 1. The maximum atomic E-state index is 12.0. The van der Waals surface area contributed by atoms with Crippen molar-refractivity contribution in [3.63, 3.8) is 0 Å². The minimum Gasteiger partial charge on any atom is -0.324 e. The van der Waals surface area contributed by atoms with E-state index in [2.05, 4.69) is 10.3 Å². The van der Waals surface area contributed by atoms with E-state index in [-0.39, 0.29) is 5.91 Å². The molecule has 1 amide bonds. The number of nitrogens with one attached hydrogen (secondary N) is 1. The van der Waals surface area contributed by atoms with Crippen LogP contribution in [0.1, 0.15) is 19.0 Å². The fourth-order valence-corrected chi connectivity index (χ4v) is 1.97. The lowest BCUT2D eigenvalue weighted by Crippen LogP contribution is -2.21. The van der Waals surface area contributed by atoms with E-state index >= 15 is 0 Å². The van der Waals surface area contributed by atoms with Gasteiger partial charge in [0.25, 0.3) is 0 Å². The van der Waals surface area contributed by atoms with Crippen LogP contribution in [0.15, 0.2) is 30.3 Å². The smallest absolute Gasteiger partial charge is 0.241 e. The van der Waals surface area contributed by atoms with Crippen molar-refractivity contribution in [1.82, 2.24) is 4.98 Å². The number of amides is 1. The molecule has 96 valence electrons. The van der Waals surface area contributed by atoms with Crippen molar-refractivity contribution in [2.75, 3.05) is 5.32 Å². The number of hydrogen-bond donors (Lipinski definition) is 1. The summed E-state index contributed by atoms with van der Waals surface area (Å²) in [7, 11) is 0. The first-order valence-corrected chi connectivity index (χ1v) is 6.22. The maximum absolute atomic E-state index is 12.0. The molecule has 4 nitrogen and oxygen atoms in total. The number of benzene rings is 1. The summed E-state index contributed by atoms with van der Waals surface area (Å²) in [5.41, 5.74) is 2.38. The molecule has 1 unspecified atom stereocenters. The summed E-state index contributed by atoms with van der Waals surface area (Å²) in [6, 6.07) is 11.4. The minimum absolute atomic E-state index is 0.263. The molecule has 0 aliphatic heterocycles. The third-order valence-electron chi connectivity index (χ3n) is 2.98. The molecule has 4 heteroatoms. The van der Waals surface area contributed by atoms with Crippen LogP contribution in [0, 0.1) is 24.2 Å². The standard InChI is InChI=1S/C15H15N3O/c1-3-11(9-16)15(19)18-14-8-10(2)17-13-7-5-4-6-12(13)14/h4-8,11H,3H2,1-2H3,(H,17,18,19). The second kappa shape index (κ2) is 5.49. The molecule has 0 radical (unpaired) electrons. The van der Waals surface area contributed by atoms with Gasteiger partial charge >= 0.3 is 0 Å². The molecular formula is C15H15N3O. The minimum atomic E-state index is -0.618. The molecule has 0 aliphatic carbocycles. The van der Waals surface area contributed by atoms with Gasteiger partial charge in [0.15, 0.2) is 0 Å². The van der Waals surface area contributed by atoms with Gasteiger partial charge in [-0.3, -0.25) is 9.78 Å². The summed E-state index contributed by atoms with van der Waals surface area (Å²) in [6.07, 6.45) is 0.504. The van der Waals surface area contributed by atoms with Crippen LogP contribution in [0.25, 0.3) is 10.9 Å². The molecule has 0 saturated carbocycles. The van der Waals surface area contributed by atoms with Crippen LogP contribution in [0.4, 0.5) is 5.69 Å². The Kier molecular flexibility index (Phi) is 3.76. The normalized spacial score (nSPS) is 11.8. The van der Waals surface area contributed by atoms with Gasteiger partial charge in [-0.05, 0) is 25.5 Å². The second-order valence-electron chi connectivity index (χ2n) is 4.41. The fraction of sp³-hybridized carbons (Fsp3) is 0.267. The fourth-order valence-electron chi connectivity index (χ4n) is 1.97. The van der Waals surface area contributed by atoms with E-state index in [1.54, 1.807) is 0 Å². The molecule has 0 spiro atoms. The molecule has 0 aliphatic rings. The zero-order valence-corrected chi connectivity index (χ0v) is 11.0. The van der Waals surface area contributed by atoms with Gasteiger partial charge in [0.05, 0.1) is 17.3 Å². The number of carbonyl (C=O) groups is 1. The quantitative estimate of drug-likeness (QED) is 0.914. The first-order chi connectivity index (χ1) is 9.15.